The van der Waals surface area contributed by atoms with Gasteiger partial charge in [-0.25, -0.2) is 15.0 Å². The Bertz CT molecular complexity index is 899. The number of rotatable bonds is 6. The summed E-state index contributed by atoms with van der Waals surface area (Å²) in [6, 6.07) is 15.0. The number of nitrogens with one attached hydrogen (secondary N) is 3. The number of hydrazine groups is 1. The standard InChI is InChI=1S/C18H19N7O/c1-12-6-5-9-14(22-12)23-17-16(19)18(21-11-20-17)25-24-15(26)10-13-7-3-2-4-8-13/h2-9,11H,10,19H2,1H3,(H,24,26)(H2,20,21,22,23,25). The molecule has 0 bridgehead atoms. The molecule has 2 heterocycles. The topological polar surface area (TPSA) is 118 Å². The SMILES string of the molecule is Cc1cccc(Nc2ncnc(NNC(=O)Cc3ccccc3)c2N)n1. The molecule has 0 aliphatic carbocycles. The predicted octanol–water partition coefficient (Wildman–Crippen LogP) is 2.19. The summed E-state index contributed by atoms with van der Waals surface area (Å²) in [5, 5.41) is 3.04. The predicted molar refractivity (Wildman–Crippen MR) is 101 cm³/mol. The molecule has 5 N–H and O–H groups in total. The van der Waals surface area contributed by atoms with Crippen LogP contribution in [0.2, 0.25) is 0 Å². The second-order valence-electron chi connectivity index (χ2n) is 5.61. The van der Waals surface area contributed by atoms with Crippen LogP contribution < -0.4 is 21.9 Å². The fourth-order valence-electron chi connectivity index (χ4n) is 2.28. The highest BCUT2D eigenvalue weighted by molar-refractivity contribution is 5.82. The number of nitrogen functional groups attached to an aromatic ring is 1. The van der Waals surface area contributed by atoms with E-state index in [1.54, 1.807) is 0 Å². The van der Waals surface area contributed by atoms with Crippen LogP contribution in [0.25, 0.3) is 0 Å². The molecule has 3 aromatic rings. The number of aromatic nitrogens is 3. The molecule has 0 saturated carbocycles. The van der Waals surface area contributed by atoms with E-state index in [9.17, 15) is 4.79 Å². The fourth-order valence-corrected chi connectivity index (χ4v) is 2.28. The van der Waals surface area contributed by atoms with Gasteiger partial charge in [-0.05, 0) is 24.6 Å². The number of pyridine rings is 1. The maximum atomic E-state index is 12.0. The van der Waals surface area contributed by atoms with E-state index in [1.807, 2.05) is 55.5 Å². The van der Waals surface area contributed by atoms with E-state index in [2.05, 4.69) is 31.1 Å². The smallest absolute Gasteiger partial charge is 0.242 e. The number of benzene rings is 1. The second kappa shape index (κ2) is 7.93. The van der Waals surface area contributed by atoms with Gasteiger partial charge in [-0.15, -0.1) is 0 Å². The van der Waals surface area contributed by atoms with Crippen LogP contribution in [0.4, 0.5) is 23.1 Å². The largest absolute Gasteiger partial charge is 0.393 e. The lowest BCUT2D eigenvalue weighted by atomic mass is 10.1. The third-order valence-corrected chi connectivity index (χ3v) is 3.55. The first kappa shape index (κ1) is 17.2. The van der Waals surface area contributed by atoms with E-state index in [-0.39, 0.29) is 18.0 Å². The fraction of sp³-hybridized carbons (Fsp3) is 0.111. The van der Waals surface area contributed by atoms with E-state index >= 15 is 0 Å². The van der Waals surface area contributed by atoms with Crippen molar-refractivity contribution in [3.05, 3.63) is 66.1 Å². The molecule has 0 aliphatic heterocycles. The number of nitrogens with two attached hydrogens (primary N) is 1. The van der Waals surface area contributed by atoms with Crippen molar-refractivity contribution < 1.29 is 4.79 Å². The first-order chi connectivity index (χ1) is 12.6. The van der Waals surface area contributed by atoms with Gasteiger partial charge in [-0.3, -0.25) is 15.6 Å². The Hall–Kier alpha value is -3.68. The molecule has 3 rings (SSSR count). The van der Waals surface area contributed by atoms with Crippen molar-refractivity contribution >= 4 is 29.0 Å². The third kappa shape index (κ3) is 4.44. The Morgan fingerprint density at radius 1 is 1.04 bits per heavy atom. The molecular formula is C18H19N7O. The maximum Gasteiger partial charge on any atom is 0.242 e. The van der Waals surface area contributed by atoms with Crippen molar-refractivity contribution in [2.45, 2.75) is 13.3 Å². The molecule has 0 atom stereocenters. The Labute approximate surface area is 150 Å². The molecule has 2 aromatic heterocycles. The number of amides is 1. The van der Waals surface area contributed by atoms with E-state index in [4.69, 9.17) is 5.73 Å². The maximum absolute atomic E-state index is 12.0. The van der Waals surface area contributed by atoms with Crippen molar-refractivity contribution in [3.8, 4) is 0 Å². The van der Waals surface area contributed by atoms with Crippen LogP contribution in [-0.4, -0.2) is 20.9 Å². The summed E-state index contributed by atoms with van der Waals surface area (Å²) in [4.78, 5) is 24.5. The minimum Gasteiger partial charge on any atom is -0.393 e. The zero-order valence-electron chi connectivity index (χ0n) is 14.2. The van der Waals surface area contributed by atoms with Gasteiger partial charge in [0.25, 0.3) is 0 Å². The monoisotopic (exact) mass is 349 g/mol. The quantitative estimate of drug-likeness (QED) is 0.504. The van der Waals surface area contributed by atoms with Gasteiger partial charge < -0.3 is 11.1 Å². The van der Waals surface area contributed by atoms with Gasteiger partial charge in [0.2, 0.25) is 5.91 Å². The summed E-state index contributed by atoms with van der Waals surface area (Å²) in [6.45, 7) is 1.89. The highest BCUT2D eigenvalue weighted by Gasteiger charge is 2.10. The summed E-state index contributed by atoms with van der Waals surface area (Å²) >= 11 is 0. The molecule has 1 aromatic carbocycles. The van der Waals surface area contributed by atoms with Gasteiger partial charge >= 0.3 is 0 Å². The third-order valence-electron chi connectivity index (χ3n) is 3.55. The molecule has 26 heavy (non-hydrogen) atoms. The molecule has 0 spiro atoms. The van der Waals surface area contributed by atoms with Gasteiger partial charge in [0.15, 0.2) is 11.6 Å². The Morgan fingerprint density at radius 3 is 2.58 bits per heavy atom. The van der Waals surface area contributed by atoms with Crippen LogP contribution >= 0.6 is 0 Å². The van der Waals surface area contributed by atoms with Crippen LogP contribution in [0.15, 0.2) is 54.9 Å². The van der Waals surface area contributed by atoms with Gasteiger partial charge in [-0.2, -0.15) is 0 Å². The van der Waals surface area contributed by atoms with Crippen molar-refractivity contribution in [1.82, 2.24) is 20.4 Å². The Balaban J connectivity index is 1.64. The van der Waals surface area contributed by atoms with Gasteiger partial charge in [-0.1, -0.05) is 36.4 Å². The highest BCUT2D eigenvalue weighted by atomic mass is 16.2. The summed E-state index contributed by atoms with van der Waals surface area (Å²) in [5.74, 6) is 1.12. The zero-order valence-corrected chi connectivity index (χ0v) is 14.2. The van der Waals surface area contributed by atoms with Gasteiger partial charge in [0, 0.05) is 5.69 Å². The molecule has 0 radical (unpaired) electrons. The van der Waals surface area contributed by atoms with Crippen LogP contribution in [0.5, 0.6) is 0 Å². The molecule has 132 valence electrons. The number of anilines is 4. The minimum atomic E-state index is -0.205. The normalized spacial score (nSPS) is 10.2. The van der Waals surface area contributed by atoms with Crippen molar-refractivity contribution in [3.63, 3.8) is 0 Å². The lowest BCUT2D eigenvalue weighted by Gasteiger charge is -2.13. The molecule has 1 amide bonds. The van der Waals surface area contributed by atoms with Crippen LogP contribution in [0.1, 0.15) is 11.3 Å². The van der Waals surface area contributed by atoms with E-state index in [0.717, 1.165) is 11.3 Å². The number of nitrogens with zero attached hydrogens (tertiary/aromatic N) is 3. The number of carbonyl (C=O) groups is 1. The average Bonchev–Trinajstić information content (AvgIpc) is 2.63. The first-order valence-corrected chi connectivity index (χ1v) is 8.02. The summed E-state index contributed by atoms with van der Waals surface area (Å²) in [6.07, 6.45) is 1.59. The number of aryl methyl sites for hydroxylation is 1. The zero-order chi connectivity index (χ0) is 18.4. The molecule has 0 aliphatic rings. The van der Waals surface area contributed by atoms with Crippen molar-refractivity contribution in [2.75, 3.05) is 16.5 Å². The highest BCUT2D eigenvalue weighted by Crippen LogP contribution is 2.24. The molecular weight excluding hydrogens is 330 g/mol. The molecule has 8 heteroatoms. The molecule has 0 fully saturated rings. The number of hydrogen-bond acceptors (Lipinski definition) is 7. The van der Waals surface area contributed by atoms with E-state index in [1.165, 1.54) is 6.33 Å². The van der Waals surface area contributed by atoms with Gasteiger partial charge in [0.05, 0.1) is 6.42 Å². The van der Waals surface area contributed by atoms with Crippen molar-refractivity contribution in [1.29, 1.82) is 0 Å². The molecule has 0 saturated heterocycles. The Morgan fingerprint density at radius 2 is 1.81 bits per heavy atom. The average molecular weight is 349 g/mol. The second-order valence-corrected chi connectivity index (χ2v) is 5.61. The first-order valence-electron chi connectivity index (χ1n) is 8.02. The van der Waals surface area contributed by atoms with Crippen LogP contribution in [-0.2, 0) is 11.2 Å². The summed E-state index contributed by atoms with van der Waals surface area (Å²) in [5.41, 5.74) is 13.5. The van der Waals surface area contributed by atoms with Gasteiger partial charge in [0.1, 0.15) is 17.8 Å². The number of hydrogen-bond donors (Lipinski definition) is 4. The van der Waals surface area contributed by atoms with Crippen LogP contribution in [0, 0.1) is 6.92 Å². The number of carbonyl (C=O) groups excluding carboxylic acids is 1. The van der Waals surface area contributed by atoms with E-state index in [0.29, 0.717) is 17.5 Å². The minimum absolute atomic E-state index is 0.205. The summed E-state index contributed by atoms with van der Waals surface area (Å²) < 4.78 is 0. The Kier molecular flexibility index (Phi) is 5.23. The van der Waals surface area contributed by atoms with Crippen LogP contribution in [0.3, 0.4) is 0 Å². The molecule has 0 unspecified atom stereocenters. The molecule has 8 nitrogen and oxygen atoms in total. The summed E-state index contributed by atoms with van der Waals surface area (Å²) in [7, 11) is 0. The lowest BCUT2D eigenvalue weighted by molar-refractivity contribution is -0.119. The van der Waals surface area contributed by atoms with Crippen molar-refractivity contribution in [2.24, 2.45) is 0 Å². The van der Waals surface area contributed by atoms with E-state index < -0.39 is 0 Å². The lowest BCUT2D eigenvalue weighted by Crippen LogP contribution is -2.31.